The third kappa shape index (κ3) is 3.99. The molecular formula is C14H9Br3O4. The molecule has 7 heteroatoms. The standard InChI is InChI=1S/C14H9Br3O4/c1-20-12-5-11(17)13(6-10(12)16)21-9-3-7(14(18)19)2-8(15)4-9/h2-6H,1H3,(H,18,19). The van der Waals surface area contributed by atoms with Crippen molar-refractivity contribution in [3.63, 3.8) is 0 Å². The van der Waals surface area contributed by atoms with Gasteiger partial charge < -0.3 is 14.6 Å². The van der Waals surface area contributed by atoms with Gasteiger partial charge in [-0.3, -0.25) is 0 Å². The van der Waals surface area contributed by atoms with E-state index in [4.69, 9.17) is 14.6 Å². The highest BCUT2D eigenvalue weighted by molar-refractivity contribution is 9.11. The van der Waals surface area contributed by atoms with Crippen LogP contribution in [0.2, 0.25) is 0 Å². The molecule has 2 aromatic carbocycles. The van der Waals surface area contributed by atoms with E-state index in [0.717, 1.165) is 4.47 Å². The van der Waals surface area contributed by atoms with Crippen LogP contribution in [0.15, 0.2) is 43.7 Å². The smallest absolute Gasteiger partial charge is 0.335 e. The fourth-order valence-electron chi connectivity index (χ4n) is 1.62. The van der Waals surface area contributed by atoms with Crippen LogP contribution in [0.1, 0.15) is 10.4 Å². The minimum atomic E-state index is -1.02. The predicted molar refractivity (Wildman–Crippen MR) is 89.6 cm³/mol. The summed E-state index contributed by atoms with van der Waals surface area (Å²) in [6, 6.07) is 8.16. The summed E-state index contributed by atoms with van der Waals surface area (Å²) in [5, 5.41) is 9.06. The first-order chi connectivity index (χ1) is 9.90. The highest BCUT2D eigenvalue weighted by Crippen LogP contribution is 2.38. The van der Waals surface area contributed by atoms with Crippen LogP contribution in [0.5, 0.6) is 17.2 Å². The van der Waals surface area contributed by atoms with Gasteiger partial charge in [0.2, 0.25) is 0 Å². The predicted octanol–water partition coefficient (Wildman–Crippen LogP) is 5.47. The van der Waals surface area contributed by atoms with Gasteiger partial charge in [0.05, 0.1) is 21.6 Å². The lowest BCUT2D eigenvalue weighted by Crippen LogP contribution is -1.97. The zero-order valence-corrected chi connectivity index (χ0v) is 15.5. The second-order valence-electron chi connectivity index (χ2n) is 4.00. The quantitative estimate of drug-likeness (QED) is 0.630. The van der Waals surface area contributed by atoms with Crippen LogP contribution in [-0.2, 0) is 0 Å². The van der Waals surface area contributed by atoms with Gasteiger partial charge in [-0.15, -0.1) is 0 Å². The van der Waals surface area contributed by atoms with Crippen LogP contribution in [0.25, 0.3) is 0 Å². The molecule has 0 amide bonds. The van der Waals surface area contributed by atoms with E-state index in [2.05, 4.69) is 47.8 Å². The number of halogens is 3. The second-order valence-corrected chi connectivity index (χ2v) is 6.62. The maximum Gasteiger partial charge on any atom is 0.335 e. The highest BCUT2D eigenvalue weighted by atomic mass is 79.9. The minimum Gasteiger partial charge on any atom is -0.496 e. The summed E-state index contributed by atoms with van der Waals surface area (Å²) in [7, 11) is 1.57. The molecule has 0 bridgehead atoms. The topological polar surface area (TPSA) is 55.8 Å². The molecule has 0 aliphatic carbocycles. The monoisotopic (exact) mass is 478 g/mol. The van der Waals surface area contributed by atoms with E-state index in [-0.39, 0.29) is 5.56 Å². The lowest BCUT2D eigenvalue weighted by atomic mass is 10.2. The van der Waals surface area contributed by atoms with Gasteiger partial charge in [-0.1, -0.05) is 15.9 Å². The summed E-state index contributed by atoms with van der Waals surface area (Å²) in [6.45, 7) is 0. The van der Waals surface area contributed by atoms with E-state index < -0.39 is 5.97 Å². The molecule has 21 heavy (non-hydrogen) atoms. The molecule has 0 saturated heterocycles. The molecule has 0 spiro atoms. The summed E-state index contributed by atoms with van der Waals surface area (Å²) in [6.07, 6.45) is 0. The van der Waals surface area contributed by atoms with Crippen LogP contribution >= 0.6 is 47.8 Å². The molecule has 0 saturated carbocycles. The molecule has 1 N–H and O–H groups in total. The van der Waals surface area contributed by atoms with Crippen molar-refractivity contribution in [2.45, 2.75) is 0 Å². The third-order valence-corrected chi connectivity index (χ3v) is 4.25. The van der Waals surface area contributed by atoms with Gasteiger partial charge in [-0.2, -0.15) is 0 Å². The SMILES string of the molecule is COc1cc(Br)c(Oc2cc(Br)cc(C(=O)O)c2)cc1Br. The molecule has 2 aromatic rings. The van der Waals surface area contributed by atoms with Crippen molar-refractivity contribution in [2.75, 3.05) is 7.11 Å². The Kier molecular flexibility index (Phi) is 5.29. The summed E-state index contributed by atoms with van der Waals surface area (Å²) in [4.78, 5) is 11.1. The maximum atomic E-state index is 11.1. The molecule has 0 aliphatic heterocycles. The van der Waals surface area contributed by atoms with E-state index in [1.165, 1.54) is 12.1 Å². The first kappa shape index (κ1) is 16.3. The summed E-state index contributed by atoms with van der Waals surface area (Å²) in [5.74, 6) is 0.600. The molecule has 110 valence electrons. The van der Waals surface area contributed by atoms with Gasteiger partial charge in [-0.25, -0.2) is 4.79 Å². The van der Waals surface area contributed by atoms with Crippen LogP contribution in [-0.4, -0.2) is 18.2 Å². The molecule has 4 nitrogen and oxygen atoms in total. The first-order valence-electron chi connectivity index (χ1n) is 5.65. The van der Waals surface area contributed by atoms with E-state index in [9.17, 15) is 4.79 Å². The van der Waals surface area contributed by atoms with E-state index in [0.29, 0.717) is 26.2 Å². The average Bonchev–Trinajstić information content (AvgIpc) is 2.41. The number of carboxylic acid groups (broad SMARTS) is 1. The second kappa shape index (κ2) is 6.81. The van der Waals surface area contributed by atoms with Crippen molar-refractivity contribution < 1.29 is 19.4 Å². The maximum absolute atomic E-state index is 11.1. The number of aromatic carboxylic acids is 1. The van der Waals surface area contributed by atoms with Crippen LogP contribution in [0.4, 0.5) is 0 Å². The number of ether oxygens (including phenoxy) is 2. The van der Waals surface area contributed by atoms with Crippen LogP contribution < -0.4 is 9.47 Å². The Hall–Kier alpha value is -1.05. The third-order valence-electron chi connectivity index (χ3n) is 2.55. The fraction of sp³-hybridized carbons (Fsp3) is 0.0714. The van der Waals surface area contributed by atoms with E-state index in [1.54, 1.807) is 25.3 Å². The summed E-state index contributed by atoms with van der Waals surface area (Å²) >= 11 is 10.0. The Morgan fingerprint density at radius 1 is 1.00 bits per heavy atom. The molecule has 0 radical (unpaired) electrons. The van der Waals surface area contributed by atoms with Crippen LogP contribution in [0, 0.1) is 0 Å². The number of hydrogen-bond donors (Lipinski definition) is 1. The van der Waals surface area contributed by atoms with E-state index >= 15 is 0 Å². The Morgan fingerprint density at radius 3 is 2.24 bits per heavy atom. The zero-order chi connectivity index (χ0) is 15.6. The van der Waals surface area contributed by atoms with Gasteiger partial charge in [0.25, 0.3) is 0 Å². The highest BCUT2D eigenvalue weighted by Gasteiger charge is 2.12. The van der Waals surface area contributed by atoms with Crippen molar-refractivity contribution in [3.8, 4) is 17.2 Å². The number of carboxylic acids is 1. The lowest BCUT2D eigenvalue weighted by Gasteiger charge is -2.11. The number of carbonyl (C=O) groups is 1. The molecule has 2 rings (SSSR count). The Balaban J connectivity index is 2.38. The normalized spacial score (nSPS) is 10.3. The molecule has 0 fully saturated rings. The number of rotatable bonds is 4. The van der Waals surface area contributed by atoms with Crippen molar-refractivity contribution in [3.05, 3.63) is 49.3 Å². The van der Waals surface area contributed by atoms with E-state index in [1.807, 2.05) is 0 Å². The lowest BCUT2D eigenvalue weighted by molar-refractivity contribution is 0.0696. The number of benzene rings is 2. The van der Waals surface area contributed by atoms with Gasteiger partial charge >= 0.3 is 5.97 Å². The molecule has 0 aliphatic rings. The summed E-state index contributed by atoms with van der Waals surface area (Å²) < 4.78 is 13.0. The molecule has 0 atom stereocenters. The molecule has 0 aromatic heterocycles. The van der Waals surface area contributed by atoms with Crippen LogP contribution in [0.3, 0.4) is 0 Å². The zero-order valence-electron chi connectivity index (χ0n) is 10.7. The van der Waals surface area contributed by atoms with Gasteiger partial charge in [0.1, 0.15) is 17.2 Å². The molecule has 0 heterocycles. The largest absolute Gasteiger partial charge is 0.496 e. The molecule has 0 unspecified atom stereocenters. The van der Waals surface area contributed by atoms with Crippen molar-refractivity contribution in [1.29, 1.82) is 0 Å². The molecular weight excluding hydrogens is 472 g/mol. The van der Waals surface area contributed by atoms with Crippen molar-refractivity contribution in [2.24, 2.45) is 0 Å². The number of hydrogen-bond acceptors (Lipinski definition) is 3. The first-order valence-corrected chi connectivity index (χ1v) is 8.03. The Labute approximate surface area is 146 Å². The Bertz CT molecular complexity index is 701. The van der Waals surface area contributed by atoms with Gasteiger partial charge in [0.15, 0.2) is 0 Å². The fourth-order valence-corrected chi connectivity index (χ4v) is 2.98. The average molecular weight is 481 g/mol. The van der Waals surface area contributed by atoms with Crippen molar-refractivity contribution >= 4 is 53.8 Å². The van der Waals surface area contributed by atoms with Crippen molar-refractivity contribution in [1.82, 2.24) is 0 Å². The summed E-state index contributed by atoms with van der Waals surface area (Å²) in [5.41, 5.74) is 0.142. The Morgan fingerprint density at radius 2 is 1.62 bits per heavy atom. The minimum absolute atomic E-state index is 0.142. The number of methoxy groups -OCH3 is 1. The van der Waals surface area contributed by atoms with Gasteiger partial charge in [0, 0.05) is 4.47 Å². The van der Waals surface area contributed by atoms with Gasteiger partial charge in [-0.05, 0) is 62.2 Å².